The molecule has 3 nitrogen and oxygen atoms in total. The number of carbonyl (C=O) groups excluding carboxylic acids is 1. The molecule has 94 valence electrons. The molecular formula is C14H15ClN2O. The fraction of sp³-hybridized carbons (Fsp3) is 0.286. The highest BCUT2D eigenvalue weighted by Gasteiger charge is 2.11. The predicted octanol–water partition coefficient (Wildman–Crippen LogP) is 3.20. The van der Waals surface area contributed by atoms with E-state index < -0.39 is 0 Å². The third-order valence-corrected chi connectivity index (χ3v) is 3.39. The molecule has 0 aliphatic heterocycles. The Morgan fingerprint density at radius 3 is 2.89 bits per heavy atom. The fourth-order valence-electron chi connectivity index (χ4n) is 1.86. The van der Waals surface area contributed by atoms with Crippen molar-refractivity contribution < 1.29 is 4.79 Å². The fourth-order valence-corrected chi connectivity index (χ4v) is 2.09. The number of carbonyl (C=O) groups is 1. The zero-order chi connectivity index (χ0) is 13.1. The Hall–Kier alpha value is -1.61. The lowest BCUT2D eigenvalue weighted by atomic mass is 10.0. The normalized spacial score (nSPS) is 10.6. The summed E-state index contributed by atoms with van der Waals surface area (Å²) >= 11 is 6.14. The number of hydrogen-bond donors (Lipinski definition) is 0. The average molecular weight is 263 g/mol. The van der Waals surface area contributed by atoms with Gasteiger partial charge in [0.1, 0.15) is 0 Å². The summed E-state index contributed by atoms with van der Waals surface area (Å²) in [4.78, 5) is 12.1. The lowest BCUT2D eigenvalue weighted by Crippen LogP contribution is -2.02. The quantitative estimate of drug-likeness (QED) is 0.793. The number of nitrogens with zero attached hydrogens (tertiary/aromatic N) is 2. The average Bonchev–Trinajstić information content (AvgIpc) is 2.76. The summed E-state index contributed by atoms with van der Waals surface area (Å²) in [6.45, 7) is 1.90. The molecule has 0 radical (unpaired) electrons. The molecule has 0 N–H and O–H groups in total. The van der Waals surface area contributed by atoms with Crippen molar-refractivity contribution >= 4 is 17.4 Å². The maximum atomic E-state index is 12.1. The summed E-state index contributed by atoms with van der Waals surface area (Å²) < 4.78 is 1.74. The van der Waals surface area contributed by atoms with Crippen LogP contribution in [-0.2, 0) is 13.5 Å². The number of benzene rings is 1. The molecule has 1 heterocycles. The summed E-state index contributed by atoms with van der Waals surface area (Å²) in [5.41, 5.74) is 2.61. The van der Waals surface area contributed by atoms with Gasteiger partial charge in [-0.1, -0.05) is 23.7 Å². The van der Waals surface area contributed by atoms with Crippen molar-refractivity contribution in [1.29, 1.82) is 0 Å². The Morgan fingerprint density at radius 2 is 2.22 bits per heavy atom. The standard InChI is InChI=1S/C14H15ClN2O/c1-10-4-3-5-12(14(10)15)13(18)7-6-11-8-16-17(2)9-11/h3-5,8-9H,6-7H2,1-2H3. The molecule has 4 heteroatoms. The first kappa shape index (κ1) is 12.8. The lowest BCUT2D eigenvalue weighted by Gasteiger charge is -2.05. The van der Waals surface area contributed by atoms with E-state index in [-0.39, 0.29) is 5.78 Å². The topological polar surface area (TPSA) is 34.9 Å². The Bertz CT molecular complexity index is 575. The molecule has 2 aromatic rings. The van der Waals surface area contributed by atoms with Crippen molar-refractivity contribution in [2.24, 2.45) is 7.05 Å². The van der Waals surface area contributed by atoms with Gasteiger partial charge in [0.25, 0.3) is 0 Å². The van der Waals surface area contributed by atoms with E-state index in [1.807, 2.05) is 32.3 Å². The van der Waals surface area contributed by atoms with Crippen molar-refractivity contribution in [3.8, 4) is 0 Å². The Balaban J connectivity index is 2.06. The van der Waals surface area contributed by atoms with E-state index >= 15 is 0 Å². The van der Waals surface area contributed by atoms with E-state index in [0.717, 1.165) is 11.1 Å². The van der Waals surface area contributed by atoms with Gasteiger partial charge in [0.05, 0.1) is 11.2 Å². The largest absolute Gasteiger partial charge is 0.294 e. The lowest BCUT2D eigenvalue weighted by molar-refractivity contribution is 0.0983. The van der Waals surface area contributed by atoms with Crippen molar-refractivity contribution in [3.05, 3.63) is 52.3 Å². The van der Waals surface area contributed by atoms with Gasteiger partial charge in [0.15, 0.2) is 5.78 Å². The number of aromatic nitrogens is 2. The van der Waals surface area contributed by atoms with Gasteiger partial charge < -0.3 is 0 Å². The Kier molecular flexibility index (Phi) is 3.82. The monoisotopic (exact) mass is 262 g/mol. The van der Waals surface area contributed by atoms with Gasteiger partial charge >= 0.3 is 0 Å². The molecule has 0 amide bonds. The Morgan fingerprint density at radius 1 is 1.44 bits per heavy atom. The molecule has 0 aliphatic rings. The summed E-state index contributed by atoms with van der Waals surface area (Å²) in [5, 5.41) is 4.64. The molecular weight excluding hydrogens is 248 g/mol. The minimum absolute atomic E-state index is 0.0764. The van der Waals surface area contributed by atoms with Gasteiger partial charge in [-0.25, -0.2) is 0 Å². The predicted molar refractivity (Wildman–Crippen MR) is 72.0 cm³/mol. The molecule has 0 aliphatic carbocycles. The van der Waals surface area contributed by atoms with Gasteiger partial charge in [-0.15, -0.1) is 0 Å². The maximum Gasteiger partial charge on any atom is 0.164 e. The van der Waals surface area contributed by atoms with Gasteiger partial charge in [0.2, 0.25) is 0 Å². The van der Waals surface area contributed by atoms with Crippen LogP contribution in [-0.4, -0.2) is 15.6 Å². The van der Waals surface area contributed by atoms with Crippen LogP contribution in [0, 0.1) is 6.92 Å². The van der Waals surface area contributed by atoms with Crippen molar-refractivity contribution in [3.63, 3.8) is 0 Å². The van der Waals surface area contributed by atoms with Crippen LogP contribution < -0.4 is 0 Å². The van der Waals surface area contributed by atoms with E-state index in [2.05, 4.69) is 5.10 Å². The van der Waals surface area contributed by atoms with Crippen LogP contribution in [0.5, 0.6) is 0 Å². The molecule has 0 saturated carbocycles. The Labute approximate surface area is 111 Å². The SMILES string of the molecule is Cc1cccc(C(=O)CCc2cnn(C)c2)c1Cl. The molecule has 0 atom stereocenters. The summed E-state index contributed by atoms with van der Waals surface area (Å²) in [6, 6.07) is 5.54. The highest BCUT2D eigenvalue weighted by Crippen LogP contribution is 2.22. The van der Waals surface area contributed by atoms with Gasteiger partial charge in [-0.2, -0.15) is 5.10 Å². The van der Waals surface area contributed by atoms with E-state index in [9.17, 15) is 4.79 Å². The smallest absolute Gasteiger partial charge is 0.164 e. The number of hydrogen-bond acceptors (Lipinski definition) is 2. The first-order valence-electron chi connectivity index (χ1n) is 5.84. The van der Waals surface area contributed by atoms with Crippen molar-refractivity contribution in [2.75, 3.05) is 0 Å². The van der Waals surface area contributed by atoms with Crippen molar-refractivity contribution in [2.45, 2.75) is 19.8 Å². The summed E-state index contributed by atoms with van der Waals surface area (Å²) in [5.74, 6) is 0.0764. The molecule has 0 spiro atoms. The minimum Gasteiger partial charge on any atom is -0.294 e. The molecule has 1 aromatic heterocycles. The molecule has 0 fully saturated rings. The number of halogens is 1. The molecule has 0 saturated heterocycles. The molecule has 2 rings (SSSR count). The van der Waals surface area contributed by atoms with Crippen LogP contribution >= 0.6 is 11.6 Å². The second-order valence-corrected chi connectivity index (χ2v) is 4.76. The van der Waals surface area contributed by atoms with Gasteiger partial charge in [-0.05, 0) is 30.5 Å². The molecule has 18 heavy (non-hydrogen) atoms. The van der Waals surface area contributed by atoms with E-state index in [1.165, 1.54) is 0 Å². The minimum atomic E-state index is 0.0764. The molecule has 1 aromatic carbocycles. The number of rotatable bonds is 4. The first-order chi connectivity index (χ1) is 8.58. The molecule has 0 unspecified atom stereocenters. The third-order valence-electron chi connectivity index (χ3n) is 2.89. The van der Waals surface area contributed by atoms with Crippen LogP contribution in [0.4, 0.5) is 0 Å². The van der Waals surface area contributed by atoms with E-state index in [0.29, 0.717) is 23.4 Å². The van der Waals surface area contributed by atoms with E-state index in [4.69, 9.17) is 11.6 Å². The zero-order valence-corrected chi connectivity index (χ0v) is 11.2. The van der Waals surface area contributed by atoms with E-state index in [1.54, 1.807) is 16.9 Å². The zero-order valence-electron chi connectivity index (χ0n) is 10.5. The summed E-state index contributed by atoms with van der Waals surface area (Å²) in [7, 11) is 1.86. The number of aryl methyl sites for hydroxylation is 3. The second-order valence-electron chi connectivity index (χ2n) is 4.38. The highest BCUT2D eigenvalue weighted by atomic mass is 35.5. The maximum absolute atomic E-state index is 12.1. The van der Waals surface area contributed by atoms with Crippen LogP contribution in [0.25, 0.3) is 0 Å². The second kappa shape index (κ2) is 5.36. The van der Waals surface area contributed by atoms with Crippen molar-refractivity contribution in [1.82, 2.24) is 9.78 Å². The number of Topliss-reactive ketones (excluding diaryl/α,β-unsaturated/α-hetero) is 1. The van der Waals surface area contributed by atoms with Crippen LogP contribution in [0.1, 0.15) is 27.9 Å². The molecule has 0 bridgehead atoms. The summed E-state index contributed by atoms with van der Waals surface area (Å²) in [6.07, 6.45) is 4.85. The number of ketones is 1. The first-order valence-corrected chi connectivity index (χ1v) is 6.21. The van der Waals surface area contributed by atoms with Gasteiger partial charge in [0, 0.05) is 25.2 Å². The van der Waals surface area contributed by atoms with Gasteiger partial charge in [-0.3, -0.25) is 9.48 Å². The van der Waals surface area contributed by atoms with Crippen LogP contribution in [0.3, 0.4) is 0 Å². The highest BCUT2D eigenvalue weighted by molar-refractivity contribution is 6.34. The third kappa shape index (κ3) is 2.79. The van der Waals surface area contributed by atoms with Crippen LogP contribution in [0.15, 0.2) is 30.6 Å². The van der Waals surface area contributed by atoms with Crippen LogP contribution in [0.2, 0.25) is 5.02 Å².